The lowest BCUT2D eigenvalue weighted by Gasteiger charge is -2.15. The topological polar surface area (TPSA) is 129 Å². The number of aromatic amines is 2. The van der Waals surface area contributed by atoms with Gasteiger partial charge >= 0.3 is 0 Å². The van der Waals surface area contributed by atoms with Crippen LogP contribution in [0.1, 0.15) is 12.8 Å². The van der Waals surface area contributed by atoms with Gasteiger partial charge in [0, 0.05) is 41.5 Å². The van der Waals surface area contributed by atoms with Gasteiger partial charge in [0.1, 0.15) is 35.1 Å². The van der Waals surface area contributed by atoms with Gasteiger partial charge in [0.05, 0.1) is 34.8 Å². The third-order valence-corrected chi connectivity index (χ3v) is 7.11. The zero-order chi connectivity index (χ0) is 27.1. The average molecular weight is 537 g/mol. The van der Waals surface area contributed by atoms with E-state index in [9.17, 15) is 9.50 Å². The van der Waals surface area contributed by atoms with Crippen molar-refractivity contribution in [3.63, 3.8) is 0 Å². The van der Waals surface area contributed by atoms with Crippen molar-refractivity contribution in [2.75, 3.05) is 26.2 Å². The number of hydrogen-bond acceptors (Lipinski definition) is 8. The number of benzene rings is 1. The fraction of sp³-hybridized carbons (Fsp3) is 0.207. The number of rotatable bonds is 7. The Kier molecular flexibility index (Phi) is 6.05. The number of halogens is 1. The van der Waals surface area contributed by atoms with Crippen molar-refractivity contribution in [1.82, 2.24) is 40.0 Å². The molecule has 6 heterocycles. The smallest absolute Gasteiger partial charge is 0.159 e. The summed E-state index contributed by atoms with van der Waals surface area (Å²) in [5.74, 6) is 0.481. The lowest BCUT2D eigenvalue weighted by molar-refractivity contribution is 0.237. The molecule has 5 aromatic heterocycles. The van der Waals surface area contributed by atoms with Gasteiger partial charge in [-0.15, -0.1) is 0 Å². The third kappa shape index (κ3) is 4.60. The predicted molar refractivity (Wildman–Crippen MR) is 148 cm³/mol. The van der Waals surface area contributed by atoms with Gasteiger partial charge in [0.2, 0.25) is 0 Å². The van der Waals surface area contributed by atoms with Crippen LogP contribution in [-0.4, -0.2) is 71.4 Å². The van der Waals surface area contributed by atoms with Crippen LogP contribution >= 0.6 is 0 Å². The average Bonchev–Trinajstić information content (AvgIpc) is 3.71. The van der Waals surface area contributed by atoms with Crippen LogP contribution in [0, 0.1) is 5.82 Å². The summed E-state index contributed by atoms with van der Waals surface area (Å²) < 4.78 is 20.0. The maximum absolute atomic E-state index is 14.0. The molecule has 7 rings (SSSR count). The van der Waals surface area contributed by atoms with Gasteiger partial charge in [-0.25, -0.2) is 9.37 Å². The number of aromatic nitrogens is 7. The maximum atomic E-state index is 14.0. The number of H-pyrrole nitrogens is 2. The van der Waals surface area contributed by atoms with E-state index < -0.39 is 5.82 Å². The van der Waals surface area contributed by atoms with Crippen molar-refractivity contribution in [3.8, 4) is 45.5 Å². The zero-order valence-electron chi connectivity index (χ0n) is 21.4. The number of nitrogens with one attached hydrogen (secondary N) is 2. The Morgan fingerprint density at radius 2 is 1.85 bits per heavy atom. The van der Waals surface area contributed by atoms with E-state index >= 15 is 0 Å². The number of fused-ring (bicyclic) bond motifs is 2. The molecule has 0 atom stereocenters. The minimum Gasteiger partial charge on any atom is -0.508 e. The normalized spacial score (nSPS) is 13.9. The number of imidazole rings is 1. The minimum absolute atomic E-state index is 0.182. The highest BCUT2D eigenvalue weighted by molar-refractivity contribution is 5.96. The molecule has 1 aliphatic rings. The molecule has 6 aromatic rings. The first-order valence-electron chi connectivity index (χ1n) is 13.1. The van der Waals surface area contributed by atoms with Crippen LogP contribution in [0.5, 0.6) is 11.5 Å². The van der Waals surface area contributed by atoms with Gasteiger partial charge in [-0.2, -0.15) is 5.10 Å². The number of likely N-dealkylation sites (tertiary alicyclic amines) is 1. The Balaban J connectivity index is 1.21. The standard InChI is InChI=1S/C29H25FN8O2/c30-19-9-17(10-20(39)12-19)26-28-23(3-4-32-26)34-29(35-28)27-22-13-24(33-16-25(22)36-37-27)18-11-21(15-31-14-18)40-8-7-38-5-1-2-6-38/h3-4,9-16,39H,1-2,5-8H2,(H,34,35)(H,36,37). The van der Waals surface area contributed by atoms with Gasteiger partial charge in [0.25, 0.3) is 0 Å². The Morgan fingerprint density at radius 1 is 0.950 bits per heavy atom. The molecule has 40 heavy (non-hydrogen) atoms. The van der Waals surface area contributed by atoms with Gasteiger partial charge in [0.15, 0.2) is 5.82 Å². The van der Waals surface area contributed by atoms with Crippen LogP contribution in [0.15, 0.2) is 61.2 Å². The number of phenolic OH excluding ortho intramolecular Hbond substituents is 1. The molecule has 0 radical (unpaired) electrons. The maximum Gasteiger partial charge on any atom is 0.159 e. The van der Waals surface area contributed by atoms with Gasteiger partial charge in [-0.05, 0) is 56.3 Å². The lowest BCUT2D eigenvalue weighted by Crippen LogP contribution is -2.25. The van der Waals surface area contributed by atoms with E-state index in [2.05, 4.69) is 35.0 Å². The molecule has 0 aliphatic carbocycles. The van der Waals surface area contributed by atoms with E-state index in [-0.39, 0.29) is 5.75 Å². The zero-order valence-corrected chi connectivity index (χ0v) is 21.4. The Bertz CT molecular complexity index is 1820. The first-order chi connectivity index (χ1) is 19.6. The SMILES string of the molecule is Oc1cc(F)cc(-c2nccc3[nH]c(-c4n[nH]c5cnc(-c6cncc(OCCN7CCCC7)c6)cc45)nc23)c1. The van der Waals surface area contributed by atoms with E-state index in [0.717, 1.165) is 47.9 Å². The van der Waals surface area contributed by atoms with Crippen molar-refractivity contribution < 1.29 is 14.2 Å². The second-order valence-electron chi connectivity index (χ2n) is 9.83. The quantitative estimate of drug-likeness (QED) is 0.262. The summed E-state index contributed by atoms with van der Waals surface area (Å²) in [5.41, 5.74) is 5.02. The number of nitrogens with zero attached hydrogens (tertiary/aromatic N) is 6. The molecule has 10 nitrogen and oxygen atoms in total. The van der Waals surface area contributed by atoms with Gasteiger partial charge in [-0.1, -0.05) is 0 Å². The molecule has 1 aliphatic heterocycles. The Labute approximate surface area is 227 Å². The first kappa shape index (κ1) is 24.2. The fourth-order valence-corrected chi connectivity index (χ4v) is 5.16. The monoisotopic (exact) mass is 536 g/mol. The molecule has 0 saturated carbocycles. The second-order valence-corrected chi connectivity index (χ2v) is 9.83. The number of aromatic hydroxyl groups is 1. The van der Waals surface area contributed by atoms with Crippen molar-refractivity contribution in [3.05, 3.63) is 67.0 Å². The second kappa shape index (κ2) is 10.0. The van der Waals surface area contributed by atoms with E-state index in [1.165, 1.54) is 25.0 Å². The van der Waals surface area contributed by atoms with Crippen LogP contribution in [0.2, 0.25) is 0 Å². The summed E-state index contributed by atoms with van der Waals surface area (Å²) in [6.45, 7) is 3.79. The highest BCUT2D eigenvalue weighted by Crippen LogP contribution is 2.33. The predicted octanol–water partition coefficient (Wildman–Crippen LogP) is 4.94. The third-order valence-electron chi connectivity index (χ3n) is 7.11. The molecule has 1 saturated heterocycles. The molecule has 0 bridgehead atoms. The molecular formula is C29H25FN8O2. The van der Waals surface area contributed by atoms with Gasteiger partial charge < -0.3 is 14.8 Å². The van der Waals surface area contributed by atoms with Crippen LogP contribution in [0.3, 0.4) is 0 Å². The fourth-order valence-electron chi connectivity index (χ4n) is 5.16. The van der Waals surface area contributed by atoms with Crippen molar-refractivity contribution in [2.45, 2.75) is 12.8 Å². The number of ether oxygens (including phenoxy) is 1. The highest BCUT2D eigenvalue weighted by Gasteiger charge is 2.18. The van der Waals surface area contributed by atoms with E-state index in [1.54, 1.807) is 30.9 Å². The van der Waals surface area contributed by atoms with E-state index in [4.69, 9.17) is 9.72 Å². The van der Waals surface area contributed by atoms with Crippen molar-refractivity contribution in [2.24, 2.45) is 0 Å². The van der Waals surface area contributed by atoms with Crippen LogP contribution < -0.4 is 4.74 Å². The van der Waals surface area contributed by atoms with Crippen LogP contribution in [0.4, 0.5) is 4.39 Å². The summed E-state index contributed by atoms with van der Waals surface area (Å²) >= 11 is 0. The molecular weight excluding hydrogens is 511 g/mol. The van der Waals surface area contributed by atoms with Crippen LogP contribution in [0.25, 0.3) is 56.0 Å². The lowest BCUT2D eigenvalue weighted by atomic mass is 10.1. The Morgan fingerprint density at radius 3 is 2.73 bits per heavy atom. The molecule has 0 unspecified atom stereocenters. The molecule has 0 amide bonds. The summed E-state index contributed by atoms with van der Waals surface area (Å²) in [7, 11) is 0. The van der Waals surface area contributed by atoms with Crippen LogP contribution in [-0.2, 0) is 0 Å². The number of hydrogen-bond donors (Lipinski definition) is 3. The highest BCUT2D eigenvalue weighted by atomic mass is 19.1. The molecule has 3 N–H and O–H groups in total. The minimum atomic E-state index is -0.557. The van der Waals surface area contributed by atoms with Gasteiger partial charge in [-0.3, -0.25) is 25.0 Å². The number of phenols is 1. The van der Waals surface area contributed by atoms with Crippen molar-refractivity contribution >= 4 is 21.9 Å². The molecule has 1 fully saturated rings. The van der Waals surface area contributed by atoms with E-state index in [1.807, 2.05) is 12.1 Å². The molecule has 11 heteroatoms. The summed E-state index contributed by atoms with van der Waals surface area (Å²) in [6, 6.07) is 9.49. The molecule has 200 valence electrons. The first-order valence-corrected chi connectivity index (χ1v) is 13.1. The van der Waals surface area contributed by atoms with E-state index in [0.29, 0.717) is 46.2 Å². The summed E-state index contributed by atoms with van der Waals surface area (Å²) in [4.78, 5) is 23.8. The van der Waals surface area contributed by atoms with Crippen molar-refractivity contribution in [1.29, 1.82) is 0 Å². The summed E-state index contributed by atoms with van der Waals surface area (Å²) in [5, 5.41) is 18.2. The summed E-state index contributed by atoms with van der Waals surface area (Å²) in [6.07, 6.45) is 9.32. The number of pyridine rings is 3. The molecule has 1 aromatic carbocycles. The Hall–Kier alpha value is -4.90. The molecule has 0 spiro atoms. The largest absolute Gasteiger partial charge is 0.508 e.